The lowest BCUT2D eigenvalue weighted by molar-refractivity contribution is 1.02. The van der Waals surface area contributed by atoms with E-state index in [0.29, 0.717) is 0 Å². The molecule has 0 bridgehead atoms. The van der Waals surface area contributed by atoms with Crippen LogP contribution in [0.25, 0.3) is 0 Å². The molecule has 1 aromatic rings. The number of aryl methyl sites for hydroxylation is 1. The van der Waals surface area contributed by atoms with Gasteiger partial charge in [-0.3, -0.25) is 5.41 Å². The van der Waals surface area contributed by atoms with Crippen LogP contribution in [-0.2, 0) is 6.42 Å². The van der Waals surface area contributed by atoms with Crippen molar-refractivity contribution in [3.63, 3.8) is 0 Å². The van der Waals surface area contributed by atoms with Crippen LogP contribution in [0.15, 0.2) is 18.2 Å². The number of nitrogens with zero attached hydrogens (tertiary/aromatic N) is 1. The van der Waals surface area contributed by atoms with E-state index in [0.717, 1.165) is 13.0 Å². The predicted molar refractivity (Wildman–Crippen MR) is 51.0 cm³/mol. The molecule has 0 saturated heterocycles. The van der Waals surface area contributed by atoms with Crippen LogP contribution >= 0.6 is 0 Å². The summed E-state index contributed by atoms with van der Waals surface area (Å²) in [5.74, 6) is 0. The van der Waals surface area contributed by atoms with Crippen molar-refractivity contribution in [2.24, 2.45) is 0 Å². The second kappa shape index (κ2) is 2.63. The Labute approximate surface area is 72.3 Å². The topological polar surface area (TPSA) is 27.1 Å². The van der Waals surface area contributed by atoms with E-state index >= 15 is 0 Å². The van der Waals surface area contributed by atoms with Crippen LogP contribution in [0, 0.1) is 12.3 Å². The van der Waals surface area contributed by atoms with Gasteiger partial charge in [-0.05, 0) is 30.5 Å². The van der Waals surface area contributed by atoms with Gasteiger partial charge in [0.15, 0.2) is 0 Å². The molecule has 0 aromatic heterocycles. The van der Waals surface area contributed by atoms with Crippen molar-refractivity contribution in [3.05, 3.63) is 29.3 Å². The van der Waals surface area contributed by atoms with Crippen molar-refractivity contribution in [2.75, 3.05) is 11.4 Å². The maximum absolute atomic E-state index is 7.20. The van der Waals surface area contributed by atoms with Crippen LogP contribution in [-0.4, -0.2) is 12.9 Å². The van der Waals surface area contributed by atoms with Crippen LogP contribution in [0.3, 0.4) is 0 Å². The van der Waals surface area contributed by atoms with Gasteiger partial charge in [-0.2, -0.15) is 0 Å². The lowest BCUT2D eigenvalue weighted by atomic mass is 10.1. The zero-order valence-electron chi connectivity index (χ0n) is 7.17. The van der Waals surface area contributed by atoms with Gasteiger partial charge >= 0.3 is 0 Å². The Kier molecular flexibility index (Phi) is 1.61. The molecule has 1 aliphatic heterocycles. The number of fused-ring (bicyclic) bond motifs is 1. The minimum absolute atomic E-state index is 0.962. The van der Waals surface area contributed by atoms with Crippen LogP contribution in [0.1, 0.15) is 11.1 Å². The van der Waals surface area contributed by atoms with Gasteiger partial charge in [0.1, 0.15) is 0 Å². The molecule has 1 heterocycles. The number of anilines is 1. The molecule has 1 aromatic carbocycles. The first-order chi connectivity index (χ1) is 5.83. The second-order valence-corrected chi connectivity index (χ2v) is 3.15. The average molecular weight is 160 g/mol. The molecule has 1 N–H and O–H groups in total. The fourth-order valence-corrected chi connectivity index (χ4v) is 1.77. The first-order valence-corrected chi connectivity index (χ1v) is 4.18. The third-order valence-electron chi connectivity index (χ3n) is 2.45. The van der Waals surface area contributed by atoms with Crippen LogP contribution in [0.4, 0.5) is 5.69 Å². The molecular weight excluding hydrogens is 148 g/mol. The fraction of sp³-hybridized carbons (Fsp3) is 0.300. The molecule has 0 unspecified atom stereocenters. The molecular formula is C10H12N2. The Hall–Kier alpha value is -1.31. The molecule has 2 nitrogen and oxygen atoms in total. The summed E-state index contributed by atoms with van der Waals surface area (Å²) in [6.07, 6.45) is 2.49. The van der Waals surface area contributed by atoms with Crippen LogP contribution < -0.4 is 4.90 Å². The van der Waals surface area contributed by atoms with E-state index in [4.69, 9.17) is 5.41 Å². The van der Waals surface area contributed by atoms with Crippen LogP contribution in [0.5, 0.6) is 0 Å². The highest BCUT2D eigenvalue weighted by molar-refractivity contribution is 5.81. The molecule has 0 spiro atoms. The van der Waals surface area contributed by atoms with Gasteiger partial charge in [0.2, 0.25) is 0 Å². The van der Waals surface area contributed by atoms with Gasteiger partial charge in [-0.1, -0.05) is 12.1 Å². The van der Waals surface area contributed by atoms with Gasteiger partial charge in [-0.15, -0.1) is 0 Å². The van der Waals surface area contributed by atoms with E-state index in [9.17, 15) is 0 Å². The van der Waals surface area contributed by atoms with Crippen molar-refractivity contribution < 1.29 is 0 Å². The van der Waals surface area contributed by atoms with Crippen molar-refractivity contribution >= 4 is 12.0 Å². The maximum atomic E-state index is 7.20. The van der Waals surface area contributed by atoms with Gasteiger partial charge in [0.25, 0.3) is 0 Å². The third-order valence-corrected chi connectivity index (χ3v) is 2.45. The molecule has 0 amide bonds. The highest BCUT2D eigenvalue weighted by Gasteiger charge is 2.17. The third kappa shape index (κ3) is 0.916. The van der Waals surface area contributed by atoms with E-state index in [2.05, 4.69) is 25.1 Å². The number of rotatable bonds is 1. The van der Waals surface area contributed by atoms with Gasteiger partial charge < -0.3 is 4.90 Å². The SMILES string of the molecule is Cc1cccc2c1CCN2C=N. The highest BCUT2D eigenvalue weighted by atomic mass is 15.1. The van der Waals surface area contributed by atoms with Crippen LogP contribution in [0.2, 0.25) is 0 Å². The Balaban J connectivity index is 2.52. The van der Waals surface area contributed by atoms with E-state index in [-0.39, 0.29) is 0 Å². The van der Waals surface area contributed by atoms with E-state index in [1.807, 2.05) is 4.90 Å². The summed E-state index contributed by atoms with van der Waals surface area (Å²) in [6, 6.07) is 6.27. The predicted octanol–water partition coefficient (Wildman–Crippen LogP) is 1.96. The summed E-state index contributed by atoms with van der Waals surface area (Å²) in [6.45, 7) is 3.09. The minimum atomic E-state index is 0.962. The zero-order valence-corrected chi connectivity index (χ0v) is 7.17. The van der Waals surface area contributed by atoms with Crippen molar-refractivity contribution in [3.8, 4) is 0 Å². The summed E-state index contributed by atoms with van der Waals surface area (Å²) in [5, 5.41) is 7.20. The molecule has 0 fully saturated rings. The maximum Gasteiger partial charge on any atom is 0.0861 e. The Bertz CT molecular complexity index is 318. The Morgan fingerprint density at radius 1 is 1.50 bits per heavy atom. The first-order valence-electron chi connectivity index (χ1n) is 4.18. The highest BCUT2D eigenvalue weighted by Crippen LogP contribution is 2.28. The normalized spacial score (nSPS) is 14.6. The quantitative estimate of drug-likeness (QED) is 0.493. The van der Waals surface area contributed by atoms with Crippen molar-refractivity contribution in [2.45, 2.75) is 13.3 Å². The molecule has 1 aliphatic rings. The molecule has 0 aliphatic carbocycles. The standard InChI is InChI=1S/C10H12N2/c1-8-3-2-4-10-9(8)5-6-12(10)7-11/h2-4,7,11H,5-6H2,1H3. The lowest BCUT2D eigenvalue weighted by Crippen LogP contribution is -2.16. The second-order valence-electron chi connectivity index (χ2n) is 3.15. The number of nitrogens with one attached hydrogen (secondary N) is 1. The molecule has 0 radical (unpaired) electrons. The van der Waals surface area contributed by atoms with Crippen molar-refractivity contribution in [1.82, 2.24) is 0 Å². The van der Waals surface area contributed by atoms with Gasteiger partial charge in [-0.25, -0.2) is 0 Å². The average Bonchev–Trinajstić information content (AvgIpc) is 2.49. The van der Waals surface area contributed by atoms with E-state index in [1.165, 1.54) is 23.2 Å². The molecule has 2 rings (SSSR count). The smallest absolute Gasteiger partial charge is 0.0861 e. The molecule has 0 saturated carbocycles. The first kappa shape index (κ1) is 7.35. The summed E-state index contributed by atoms with van der Waals surface area (Å²) in [5.41, 5.74) is 3.96. The number of hydrogen-bond acceptors (Lipinski definition) is 1. The summed E-state index contributed by atoms with van der Waals surface area (Å²) >= 11 is 0. The largest absolute Gasteiger partial charge is 0.332 e. The van der Waals surface area contributed by atoms with Crippen molar-refractivity contribution in [1.29, 1.82) is 5.41 Å². The zero-order chi connectivity index (χ0) is 8.55. The molecule has 62 valence electrons. The summed E-state index contributed by atoms with van der Waals surface area (Å²) in [7, 11) is 0. The number of benzene rings is 1. The molecule has 12 heavy (non-hydrogen) atoms. The Morgan fingerprint density at radius 2 is 2.33 bits per heavy atom. The van der Waals surface area contributed by atoms with E-state index in [1.54, 1.807) is 0 Å². The lowest BCUT2D eigenvalue weighted by Gasteiger charge is -2.11. The monoisotopic (exact) mass is 160 g/mol. The molecule has 0 atom stereocenters. The summed E-state index contributed by atoms with van der Waals surface area (Å²) in [4.78, 5) is 1.99. The van der Waals surface area contributed by atoms with E-state index < -0.39 is 0 Å². The van der Waals surface area contributed by atoms with Gasteiger partial charge in [0.05, 0.1) is 6.34 Å². The summed E-state index contributed by atoms with van der Waals surface area (Å²) < 4.78 is 0. The molecule has 2 heteroatoms. The minimum Gasteiger partial charge on any atom is -0.332 e. The Morgan fingerprint density at radius 3 is 3.08 bits per heavy atom. The fourth-order valence-electron chi connectivity index (χ4n) is 1.77. The van der Waals surface area contributed by atoms with Gasteiger partial charge in [0, 0.05) is 12.2 Å². The number of hydrogen-bond donors (Lipinski definition) is 1.